The Balaban J connectivity index is 1.22. The second kappa shape index (κ2) is 9.80. The fraction of sp³-hybridized carbons (Fsp3) is 0.455. The van der Waals surface area contributed by atoms with Crippen molar-refractivity contribution in [2.24, 2.45) is 0 Å². The van der Waals surface area contributed by atoms with E-state index in [9.17, 15) is 14.0 Å². The summed E-state index contributed by atoms with van der Waals surface area (Å²) in [7, 11) is 1.52. The molecule has 1 saturated carbocycles. The number of carbonyl (C=O) groups excluding carboxylic acids is 2. The maximum atomic E-state index is 13.1. The van der Waals surface area contributed by atoms with Gasteiger partial charge in [-0.25, -0.2) is 19.2 Å². The number of nitrogens with one attached hydrogen (secondary N) is 1. The summed E-state index contributed by atoms with van der Waals surface area (Å²) in [6.07, 6.45) is 6.17. The topological polar surface area (TPSA) is 96.9 Å². The van der Waals surface area contributed by atoms with Crippen molar-refractivity contribution in [1.29, 1.82) is 0 Å². The number of anilines is 1. The Kier molecular flexibility index (Phi) is 6.67. The molecule has 2 heterocycles. The van der Waals surface area contributed by atoms with E-state index in [2.05, 4.69) is 15.3 Å². The van der Waals surface area contributed by atoms with Gasteiger partial charge in [-0.1, -0.05) is 0 Å². The van der Waals surface area contributed by atoms with Gasteiger partial charge in [-0.2, -0.15) is 0 Å². The van der Waals surface area contributed by atoms with Crippen LogP contribution >= 0.6 is 0 Å². The first kappa shape index (κ1) is 21.8. The SMILES string of the molecule is COc1nccnc1OC1CCC(NC(=O)CN2CCN(c3ccc(F)cc3)C2=O)CC1. The molecule has 0 atom stereocenters. The van der Waals surface area contributed by atoms with Gasteiger partial charge in [-0.05, 0) is 49.9 Å². The third kappa shape index (κ3) is 5.06. The predicted molar refractivity (Wildman–Crippen MR) is 114 cm³/mol. The van der Waals surface area contributed by atoms with E-state index in [1.807, 2.05) is 0 Å². The molecule has 1 aromatic heterocycles. The Morgan fingerprint density at radius 1 is 1.09 bits per heavy atom. The molecule has 2 aromatic rings. The van der Waals surface area contributed by atoms with Gasteiger partial charge in [0.1, 0.15) is 18.5 Å². The molecule has 4 rings (SSSR count). The lowest BCUT2D eigenvalue weighted by Crippen LogP contribution is -2.45. The number of methoxy groups -OCH3 is 1. The minimum Gasteiger partial charge on any atom is -0.477 e. The molecule has 10 heteroatoms. The number of hydrogen-bond acceptors (Lipinski definition) is 6. The van der Waals surface area contributed by atoms with E-state index >= 15 is 0 Å². The van der Waals surface area contributed by atoms with Gasteiger partial charge >= 0.3 is 6.03 Å². The number of halogens is 1. The summed E-state index contributed by atoms with van der Waals surface area (Å²) in [6.45, 7) is 0.917. The number of rotatable bonds is 7. The molecular formula is C22H26FN5O4. The first-order valence-corrected chi connectivity index (χ1v) is 10.7. The van der Waals surface area contributed by atoms with E-state index < -0.39 is 0 Å². The Bertz CT molecular complexity index is 950. The van der Waals surface area contributed by atoms with Crippen molar-refractivity contribution in [1.82, 2.24) is 20.2 Å². The maximum absolute atomic E-state index is 13.1. The number of aromatic nitrogens is 2. The van der Waals surface area contributed by atoms with Crippen LogP contribution in [0.3, 0.4) is 0 Å². The Hall–Kier alpha value is -3.43. The molecule has 2 aliphatic rings. The number of carbonyl (C=O) groups is 2. The third-order valence-electron chi connectivity index (χ3n) is 5.71. The van der Waals surface area contributed by atoms with Crippen LogP contribution in [0.1, 0.15) is 25.7 Å². The summed E-state index contributed by atoms with van der Waals surface area (Å²) >= 11 is 0. The van der Waals surface area contributed by atoms with Crippen LogP contribution in [-0.2, 0) is 4.79 Å². The van der Waals surface area contributed by atoms with Gasteiger partial charge in [-0.15, -0.1) is 0 Å². The summed E-state index contributed by atoms with van der Waals surface area (Å²) in [4.78, 5) is 36.5. The Morgan fingerprint density at radius 2 is 1.78 bits per heavy atom. The van der Waals surface area contributed by atoms with Crippen LogP contribution in [0.4, 0.5) is 14.9 Å². The van der Waals surface area contributed by atoms with E-state index in [4.69, 9.17) is 9.47 Å². The van der Waals surface area contributed by atoms with Crippen molar-refractivity contribution in [2.45, 2.75) is 37.8 Å². The molecule has 0 radical (unpaired) electrons. The van der Waals surface area contributed by atoms with Crippen LogP contribution < -0.4 is 19.7 Å². The highest BCUT2D eigenvalue weighted by Crippen LogP contribution is 2.27. The molecule has 0 unspecified atom stereocenters. The molecule has 1 aliphatic carbocycles. The molecule has 2 fully saturated rings. The molecule has 1 aliphatic heterocycles. The second-order valence-electron chi connectivity index (χ2n) is 7.86. The minimum atomic E-state index is -0.354. The van der Waals surface area contributed by atoms with Crippen molar-refractivity contribution >= 4 is 17.6 Å². The molecule has 1 saturated heterocycles. The van der Waals surface area contributed by atoms with Crippen LogP contribution in [0.5, 0.6) is 11.8 Å². The number of urea groups is 1. The molecule has 1 N–H and O–H groups in total. The average molecular weight is 443 g/mol. The number of benzene rings is 1. The van der Waals surface area contributed by atoms with Crippen molar-refractivity contribution in [3.8, 4) is 11.8 Å². The average Bonchev–Trinajstić information content (AvgIpc) is 3.16. The van der Waals surface area contributed by atoms with E-state index in [1.54, 1.807) is 29.4 Å². The van der Waals surface area contributed by atoms with Gasteiger partial charge in [0, 0.05) is 37.2 Å². The lowest BCUT2D eigenvalue weighted by Gasteiger charge is -2.29. The van der Waals surface area contributed by atoms with Gasteiger partial charge in [-0.3, -0.25) is 9.69 Å². The zero-order valence-electron chi connectivity index (χ0n) is 17.9. The zero-order valence-corrected chi connectivity index (χ0v) is 17.9. The first-order chi connectivity index (χ1) is 15.5. The van der Waals surface area contributed by atoms with E-state index in [-0.39, 0.29) is 36.4 Å². The van der Waals surface area contributed by atoms with Gasteiger partial charge in [0.2, 0.25) is 5.91 Å². The van der Waals surface area contributed by atoms with Crippen LogP contribution in [0.15, 0.2) is 36.7 Å². The normalized spacial score (nSPS) is 20.9. The van der Waals surface area contributed by atoms with Gasteiger partial charge in [0.05, 0.1) is 7.11 Å². The largest absolute Gasteiger partial charge is 0.477 e. The fourth-order valence-corrected chi connectivity index (χ4v) is 4.05. The monoisotopic (exact) mass is 443 g/mol. The van der Waals surface area contributed by atoms with Crippen molar-refractivity contribution in [2.75, 3.05) is 31.6 Å². The minimum absolute atomic E-state index is 0.00373. The van der Waals surface area contributed by atoms with Crippen molar-refractivity contribution in [3.05, 3.63) is 42.5 Å². The highest BCUT2D eigenvalue weighted by atomic mass is 19.1. The van der Waals surface area contributed by atoms with Crippen molar-refractivity contribution in [3.63, 3.8) is 0 Å². The molecule has 1 aromatic carbocycles. The number of nitrogens with zero attached hydrogens (tertiary/aromatic N) is 4. The Labute approximate surface area is 185 Å². The number of hydrogen-bond donors (Lipinski definition) is 1. The van der Waals surface area contributed by atoms with Crippen LogP contribution in [0.25, 0.3) is 0 Å². The first-order valence-electron chi connectivity index (χ1n) is 10.7. The lowest BCUT2D eigenvalue weighted by atomic mass is 9.93. The molecular weight excluding hydrogens is 417 g/mol. The summed E-state index contributed by atoms with van der Waals surface area (Å²) in [6, 6.07) is 5.55. The van der Waals surface area contributed by atoms with Crippen LogP contribution in [0, 0.1) is 5.82 Å². The van der Waals surface area contributed by atoms with E-state index in [0.717, 1.165) is 25.7 Å². The smallest absolute Gasteiger partial charge is 0.325 e. The summed E-state index contributed by atoms with van der Waals surface area (Å²) in [5, 5.41) is 3.03. The van der Waals surface area contributed by atoms with Gasteiger partial charge in [0.15, 0.2) is 0 Å². The summed E-state index contributed by atoms with van der Waals surface area (Å²) in [5.41, 5.74) is 0.623. The molecule has 9 nitrogen and oxygen atoms in total. The maximum Gasteiger partial charge on any atom is 0.325 e. The van der Waals surface area contributed by atoms with Crippen LogP contribution in [0.2, 0.25) is 0 Å². The summed E-state index contributed by atoms with van der Waals surface area (Å²) in [5.74, 6) is 0.195. The van der Waals surface area contributed by atoms with Gasteiger partial charge < -0.3 is 19.7 Å². The highest BCUT2D eigenvalue weighted by molar-refractivity contribution is 5.96. The highest BCUT2D eigenvalue weighted by Gasteiger charge is 2.32. The Morgan fingerprint density at radius 3 is 2.47 bits per heavy atom. The fourth-order valence-electron chi connectivity index (χ4n) is 4.05. The quantitative estimate of drug-likeness (QED) is 0.706. The van der Waals surface area contributed by atoms with Crippen molar-refractivity contribution < 1.29 is 23.5 Å². The second-order valence-corrected chi connectivity index (χ2v) is 7.86. The van der Waals surface area contributed by atoms with Crippen LogP contribution in [-0.4, -0.2) is 65.7 Å². The number of amides is 3. The standard InChI is InChI=1S/C22H26FN5O4/c1-31-20-21(25-11-10-24-20)32-18-8-4-16(5-9-18)26-19(29)14-27-12-13-28(22(27)30)17-6-2-15(23)3-7-17/h2-3,6-7,10-11,16,18H,4-5,8-9,12-14H2,1H3,(H,26,29). The van der Waals surface area contributed by atoms with E-state index in [1.165, 1.54) is 24.1 Å². The zero-order chi connectivity index (χ0) is 22.5. The summed E-state index contributed by atoms with van der Waals surface area (Å²) < 4.78 is 24.2. The number of ether oxygens (including phenoxy) is 2. The molecule has 3 amide bonds. The lowest BCUT2D eigenvalue weighted by molar-refractivity contribution is -0.122. The third-order valence-corrected chi connectivity index (χ3v) is 5.71. The van der Waals surface area contributed by atoms with E-state index in [0.29, 0.717) is 30.5 Å². The molecule has 170 valence electrons. The van der Waals surface area contributed by atoms with Gasteiger partial charge in [0.25, 0.3) is 11.8 Å². The molecule has 0 bridgehead atoms. The molecule has 0 spiro atoms. The molecule has 32 heavy (non-hydrogen) atoms. The predicted octanol–water partition coefficient (Wildman–Crippen LogP) is 2.37.